The lowest BCUT2D eigenvalue weighted by molar-refractivity contribution is 0.494. The van der Waals surface area contributed by atoms with Crippen LogP contribution >= 0.6 is 7.29 Å². The van der Waals surface area contributed by atoms with Crippen molar-refractivity contribution in [1.82, 2.24) is 5.09 Å². The Bertz CT molecular complexity index is 215. The summed E-state index contributed by atoms with van der Waals surface area (Å²) in [6.07, 6.45) is 0. The number of nitrogens with one attached hydrogen (secondary N) is 1. The first-order valence-corrected chi connectivity index (χ1v) is 7.00. The average Bonchev–Trinajstić information content (AvgIpc) is 1.79. The monoisotopic (exact) mass is 219 g/mol. The van der Waals surface area contributed by atoms with E-state index in [1.165, 1.54) is 0 Å². The molecule has 0 aromatic carbocycles. The average molecular weight is 219 g/mol. The van der Waals surface area contributed by atoms with Crippen molar-refractivity contribution >= 4 is 7.29 Å². The number of hydrogen-bond acceptors (Lipinski definition) is 1. The third kappa shape index (κ3) is 2.84. The molecule has 0 saturated heterocycles. The molecule has 0 aliphatic heterocycles. The van der Waals surface area contributed by atoms with E-state index in [1.54, 1.807) is 0 Å². The Balaban J connectivity index is 5.20. The minimum absolute atomic E-state index is 0.185. The molecule has 0 heterocycles. The maximum atomic E-state index is 13.0. The summed E-state index contributed by atoms with van der Waals surface area (Å²) in [6.45, 7) is 16.4. The van der Waals surface area contributed by atoms with Crippen LogP contribution in [0, 0.1) is 0 Å². The highest BCUT2D eigenvalue weighted by Gasteiger charge is 2.46. The van der Waals surface area contributed by atoms with Crippen LogP contribution in [0.4, 0.5) is 0 Å². The summed E-state index contributed by atoms with van der Waals surface area (Å²) in [4.78, 5) is 0. The van der Waals surface area contributed by atoms with Crippen LogP contribution in [0.2, 0.25) is 0 Å². The van der Waals surface area contributed by atoms with Gasteiger partial charge in [-0.15, -0.1) is 0 Å². The highest BCUT2D eigenvalue weighted by atomic mass is 31.2. The molecular weight excluding hydrogens is 193 g/mol. The maximum absolute atomic E-state index is 13.0. The lowest BCUT2D eigenvalue weighted by atomic mass is 10.2. The second-order valence-corrected chi connectivity index (χ2v) is 10.4. The van der Waals surface area contributed by atoms with Gasteiger partial charge in [0.2, 0.25) is 0 Å². The molecule has 2 nitrogen and oxygen atoms in total. The Kier molecular flexibility index (Phi) is 4.03. The van der Waals surface area contributed by atoms with Crippen LogP contribution < -0.4 is 5.09 Å². The molecule has 0 rings (SSSR count). The molecule has 0 aromatic heterocycles. The van der Waals surface area contributed by atoms with Gasteiger partial charge in [-0.25, -0.2) is 0 Å². The van der Waals surface area contributed by atoms with Crippen molar-refractivity contribution in [2.24, 2.45) is 0 Å². The van der Waals surface area contributed by atoms with E-state index in [0.717, 1.165) is 0 Å². The molecule has 0 amide bonds. The smallest absolute Gasteiger partial charge is 0.158 e. The van der Waals surface area contributed by atoms with E-state index < -0.39 is 7.29 Å². The summed E-state index contributed by atoms with van der Waals surface area (Å²) in [6, 6.07) is 0.263. The molecule has 0 unspecified atom stereocenters. The largest absolute Gasteiger partial charge is 0.306 e. The molecule has 0 aromatic rings. The van der Waals surface area contributed by atoms with Crippen LogP contribution in [0.1, 0.15) is 55.4 Å². The molecule has 0 spiro atoms. The molecule has 0 aliphatic rings. The van der Waals surface area contributed by atoms with Gasteiger partial charge < -0.3 is 4.57 Å². The topological polar surface area (TPSA) is 29.1 Å². The van der Waals surface area contributed by atoms with Crippen molar-refractivity contribution in [3.05, 3.63) is 0 Å². The van der Waals surface area contributed by atoms with Gasteiger partial charge in [0.05, 0.1) is 0 Å². The third-order valence-corrected chi connectivity index (χ3v) is 6.99. The fourth-order valence-corrected chi connectivity index (χ4v) is 5.27. The molecule has 1 N–H and O–H groups in total. The second kappa shape index (κ2) is 3.98. The van der Waals surface area contributed by atoms with E-state index in [9.17, 15) is 4.57 Å². The first-order valence-electron chi connectivity index (χ1n) is 5.30. The minimum atomic E-state index is -2.39. The molecule has 0 radical (unpaired) electrons. The van der Waals surface area contributed by atoms with Crippen LogP contribution in [-0.4, -0.2) is 16.4 Å². The summed E-state index contributed by atoms with van der Waals surface area (Å²) in [5, 5.41) is 2.92. The number of hydrogen-bond donors (Lipinski definition) is 1. The predicted octanol–water partition coefficient (Wildman–Crippen LogP) is 3.86. The maximum Gasteiger partial charge on any atom is 0.158 e. The number of rotatable bonds is 2. The summed E-state index contributed by atoms with van der Waals surface area (Å²) >= 11 is 0. The van der Waals surface area contributed by atoms with Crippen LogP contribution in [0.5, 0.6) is 0 Å². The highest BCUT2D eigenvalue weighted by Crippen LogP contribution is 2.63. The zero-order valence-corrected chi connectivity index (χ0v) is 11.8. The van der Waals surface area contributed by atoms with Gasteiger partial charge in [-0.3, -0.25) is 5.09 Å². The van der Waals surface area contributed by atoms with Gasteiger partial charge in [0.25, 0.3) is 0 Å². The first kappa shape index (κ1) is 14.2. The Morgan fingerprint density at radius 2 is 1.21 bits per heavy atom. The molecule has 0 atom stereocenters. The van der Waals surface area contributed by atoms with Crippen molar-refractivity contribution in [3.63, 3.8) is 0 Å². The molecule has 86 valence electrons. The Morgan fingerprint density at radius 3 is 1.29 bits per heavy atom. The van der Waals surface area contributed by atoms with Gasteiger partial charge in [0, 0.05) is 16.4 Å². The van der Waals surface area contributed by atoms with Crippen molar-refractivity contribution in [1.29, 1.82) is 0 Å². The molecule has 0 aliphatic carbocycles. The van der Waals surface area contributed by atoms with E-state index in [1.807, 2.05) is 13.8 Å². The van der Waals surface area contributed by atoms with Crippen LogP contribution in [0.3, 0.4) is 0 Å². The Labute approximate surface area is 89.3 Å². The van der Waals surface area contributed by atoms with Crippen molar-refractivity contribution in [2.75, 3.05) is 0 Å². The van der Waals surface area contributed by atoms with Crippen LogP contribution in [0.25, 0.3) is 0 Å². The summed E-state index contributed by atoms with van der Waals surface area (Å²) in [5.41, 5.74) is 0. The standard InChI is InChI=1S/C11H26NOP/c1-9(2)12-14(13,10(3,4)5)11(6,7)8/h9H,1-8H3,(H,12,13). The van der Waals surface area contributed by atoms with E-state index >= 15 is 0 Å². The molecule has 0 fully saturated rings. The third-order valence-electron chi connectivity index (χ3n) is 2.33. The summed E-state index contributed by atoms with van der Waals surface area (Å²) in [5.74, 6) is 0. The molecule has 3 heteroatoms. The van der Waals surface area contributed by atoms with E-state index in [-0.39, 0.29) is 16.4 Å². The van der Waals surface area contributed by atoms with E-state index in [0.29, 0.717) is 0 Å². The predicted molar refractivity (Wildman–Crippen MR) is 65.4 cm³/mol. The van der Waals surface area contributed by atoms with Gasteiger partial charge in [-0.05, 0) is 13.8 Å². The molecular formula is C11H26NOP. The van der Waals surface area contributed by atoms with Gasteiger partial charge in [-0.2, -0.15) is 0 Å². The summed E-state index contributed by atoms with van der Waals surface area (Å²) in [7, 11) is -2.39. The van der Waals surface area contributed by atoms with Crippen LogP contribution in [-0.2, 0) is 4.57 Å². The summed E-state index contributed by atoms with van der Waals surface area (Å²) < 4.78 is 13.0. The Morgan fingerprint density at radius 1 is 0.929 bits per heavy atom. The van der Waals surface area contributed by atoms with Crippen molar-refractivity contribution in [2.45, 2.75) is 71.7 Å². The fraction of sp³-hybridized carbons (Fsp3) is 1.00. The zero-order valence-electron chi connectivity index (χ0n) is 10.9. The normalized spacial score (nSPS) is 14.9. The fourth-order valence-electron chi connectivity index (χ4n) is 1.76. The molecule has 0 bridgehead atoms. The zero-order chi connectivity index (χ0) is 11.8. The van der Waals surface area contributed by atoms with Gasteiger partial charge in [-0.1, -0.05) is 41.5 Å². The lowest BCUT2D eigenvalue weighted by Gasteiger charge is -2.42. The van der Waals surface area contributed by atoms with E-state index in [4.69, 9.17) is 0 Å². The SMILES string of the molecule is CC(C)NP(=O)(C(C)(C)C)C(C)(C)C. The first-order chi connectivity index (χ1) is 5.92. The second-order valence-electron chi connectivity index (χ2n) is 6.23. The van der Waals surface area contributed by atoms with Crippen LogP contribution in [0.15, 0.2) is 0 Å². The van der Waals surface area contributed by atoms with Crippen molar-refractivity contribution < 1.29 is 4.57 Å². The quantitative estimate of drug-likeness (QED) is 0.714. The van der Waals surface area contributed by atoms with Gasteiger partial charge in [0.1, 0.15) is 0 Å². The van der Waals surface area contributed by atoms with Gasteiger partial charge in [0.15, 0.2) is 7.29 Å². The van der Waals surface area contributed by atoms with Crippen molar-refractivity contribution in [3.8, 4) is 0 Å². The Hall–Kier alpha value is 0.190. The molecule has 0 saturated carbocycles. The molecule has 14 heavy (non-hydrogen) atoms. The lowest BCUT2D eigenvalue weighted by Crippen LogP contribution is -2.39. The highest BCUT2D eigenvalue weighted by molar-refractivity contribution is 7.65. The minimum Gasteiger partial charge on any atom is -0.306 e. The van der Waals surface area contributed by atoms with Gasteiger partial charge >= 0.3 is 0 Å². The van der Waals surface area contributed by atoms with E-state index in [2.05, 4.69) is 46.6 Å².